The van der Waals surface area contributed by atoms with Crippen LogP contribution in [-0.2, 0) is 7.05 Å². The smallest absolute Gasteiger partial charge is 0.277 e. The van der Waals surface area contributed by atoms with Crippen LogP contribution in [0.1, 0.15) is 27.8 Å². The molecule has 0 saturated carbocycles. The van der Waals surface area contributed by atoms with Gasteiger partial charge in [0.2, 0.25) is 6.79 Å². The maximum absolute atomic E-state index is 12.3. The highest BCUT2D eigenvalue weighted by molar-refractivity contribution is 14.1. The number of ketones is 1. The summed E-state index contributed by atoms with van der Waals surface area (Å²) in [6.45, 7) is 1.53. The third kappa shape index (κ3) is 2.65. The molecule has 1 N–H and O–H groups in total. The molecular weight excluding hydrogens is 401 g/mol. The van der Waals surface area contributed by atoms with Crippen LogP contribution in [0.2, 0.25) is 0 Å². The number of hydrogen-bond donors (Lipinski definition) is 1. The number of Topliss-reactive ketones (excluding diaryl/α,β-unsaturated/α-hetero) is 1. The van der Waals surface area contributed by atoms with E-state index in [1.165, 1.54) is 6.92 Å². The first-order chi connectivity index (χ1) is 10.5. The molecule has 1 aromatic carbocycles. The van der Waals surface area contributed by atoms with Crippen LogP contribution in [0.15, 0.2) is 18.3 Å². The van der Waals surface area contributed by atoms with Crippen LogP contribution in [0.4, 0.5) is 5.69 Å². The summed E-state index contributed by atoms with van der Waals surface area (Å²) in [6.07, 6.45) is 1.74. The SMILES string of the molecule is CC(=O)c1cc2c(cc1NC(=O)c1nn(C)cc1I)OCO2. The number of carbonyl (C=O) groups is 2. The predicted octanol–water partition coefficient (Wildman–Crippen LogP) is 2.21. The van der Waals surface area contributed by atoms with Crippen LogP contribution in [-0.4, -0.2) is 28.3 Å². The Labute approximate surface area is 139 Å². The summed E-state index contributed by atoms with van der Waals surface area (Å²) >= 11 is 2.03. The number of halogens is 1. The van der Waals surface area contributed by atoms with Crippen LogP contribution in [0.5, 0.6) is 11.5 Å². The van der Waals surface area contributed by atoms with Gasteiger partial charge in [0.05, 0.1) is 9.26 Å². The molecule has 0 spiro atoms. The fourth-order valence-electron chi connectivity index (χ4n) is 2.13. The lowest BCUT2D eigenvalue weighted by molar-refractivity contribution is 0.101. The van der Waals surface area contributed by atoms with Gasteiger partial charge in [-0.25, -0.2) is 0 Å². The fraction of sp³-hybridized carbons (Fsp3) is 0.214. The number of amides is 1. The van der Waals surface area contributed by atoms with Gasteiger partial charge in [-0.05, 0) is 35.6 Å². The van der Waals surface area contributed by atoms with Gasteiger partial charge >= 0.3 is 0 Å². The van der Waals surface area contributed by atoms with E-state index >= 15 is 0 Å². The minimum absolute atomic E-state index is 0.0994. The molecular formula is C14H12IN3O4. The van der Waals surface area contributed by atoms with Gasteiger partial charge in [-0.1, -0.05) is 0 Å². The first-order valence-electron chi connectivity index (χ1n) is 6.41. The van der Waals surface area contributed by atoms with Crippen molar-refractivity contribution in [2.45, 2.75) is 6.92 Å². The number of hydrogen-bond acceptors (Lipinski definition) is 5. The lowest BCUT2D eigenvalue weighted by Crippen LogP contribution is -2.16. The molecule has 1 aromatic heterocycles. The van der Waals surface area contributed by atoms with Crippen LogP contribution in [0, 0.1) is 3.57 Å². The first kappa shape index (κ1) is 14.8. The third-order valence-corrected chi connectivity index (χ3v) is 3.93. The van der Waals surface area contributed by atoms with E-state index in [1.54, 1.807) is 30.1 Å². The number of nitrogens with zero attached hydrogens (tertiary/aromatic N) is 2. The van der Waals surface area contributed by atoms with E-state index in [0.717, 1.165) is 3.57 Å². The Bertz CT molecular complexity index is 785. The summed E-state index contributed by atoms with van der Waals surface area (Å²) in [4.78, 5) is 24.1. The summed E-state index contributed by atoms with van der Waals surface area (Å²) in [5.74, 6) is 0.433. The number of aryl methyl sites for hydroxylation is 1. The van der Waals surface area contributed by atoms with E-state index < -0.39 is 0 Å². The molecule has 2 heterocycles. The van der Waals surface area contributed by atoms with Crippen LogP contribution >= 0.6 is 22.6 Å². The van der Waals surface area contributed by atoms with Gasteiger partial charge in [0, 0.05) is 24.9 Å². The molecule has 0 unspecified atom stereocenters. The Morgan fingerprint density at radius 3 is 2.59 bits per heavy atom. The molecule has 0 radical (unpaired) electrons. The molecule has 0 fully saturated rings. The molecule has 22 heavy (non-hydrogen) atoms. The molecule has 1 aliphatic rings. The maximum atomic E-state index is 12.3. The Morgan fingerprint density at radius 1 is 1.32 bits per heavy atom. The van der Waals surface area contributed by atoms with Gasteiger partial charge in [-0.15, -0.1) is 0 Å². The van der Waals surface area contributed by atoms with Crippen molar-refractivity contribution in [2.75, 3.05) is 12.1 Å². The van der Waals surface area contributed by atoms with E-state index in [4.69, 9.17) is 9.47 Å². The highest BCUT2D eigenvalue weighted by Crippen LogP contribution is 2.37. The van der Waals surface area contributed by atoms with E-state index in [2.05, 4.69) is 10.4 Å². The topological polar surface area (TPSA) is 82.5 Å². The van der Waals surface area contributed by atoms with Gasteiger partial charge in [0.25, 0.3) is 5.91 Å². The highest BCUT2D eigenvalue weighted by Gasteiger charge is 2.22. The Morgan fingerprint density at radius 2 is 2.00 bits per heavy atom. The molecule has 114 valence electrons. The summed E-state index contributed by atoms with van der Waals surface area (Å²) in [5, 5.41) is 6.83. The molecule has 7 nitrogen and oxygen atoms in total. The lowest BCUT2D eigenvalue weighted by atomic mass is 10.1. The van der Waals surface area contributed by atoms with Gasteiger partial charge in [0.15, 0.2) is 23.0 Å². The standard InChI is InChI=1S/C14H12IN3O4/c1-7(19)8-3-11-12(22-6-21-11)4-10(8)16-14(20)13-9(15)5-18(2)17-13/h3-5H,6H2,1-2H3,(H,16,20). The zero-order valence-corrected chi connectivity index (χ0v) is 14.0. The van der Waals surface area contributed by atoms with Crippen molar-refractivity contribution in [3.05, 3.63) is 33.2 Å². The molecule has 0 saturated heterocycles. The van der Waals surface area contributed by atoms with Gasteiger partial charge in [-0.2, -0.15) is 5.10 Å². The molecule has 1 aliphatic heterocycles. The Balaban J connectivity index is 1.96. The van der Waals surface area contributed by atoms with Crippen molar-refractivity contribution >= 4 is 40.0 Å². The predicted molar refractivity (Wildman–Crippen MR) is 86.4 cm³/mol. The number of ether oxygens (including phenoxy) is 2. The molecule has 3 rings (SSSR count). The van der Waals surface area contributed by atoms with E-state index in [0.29, 0.717) is 28.4 Å². The van der Waals surface area contributed by atoms with Crippen molar-refractivity contribution in [3.63, 3.8) is 0 Å². The quantitative estimate of drug-likeness (QED) is 0.617. The average Bonchev–Trinajstić information content (AvgIpc) is 3.03. The normalized spacial score (nSPS) is 12.3. The summed E-state index contributed by atoms with van der Waals surface area (Å²) < 4.78 is 12.8. The molecule has 0 bridgehead atoms. The third-order valence-electron chi connectivity index (χ3n) is 3.14. The lowest BCUT2D eigenvalue weighted by Gasteiger charge is -2.10. The monoisotopic (exact) mass is 413 g/mol. The number of anilines is 1. The van der Waals surface area contributed by atoms with Crippen molar-refractivity contribution in [2.24, 2.45) is 7.05 Å². The second kappa shape index (κ2) is 5.59. The Hall–Kier alpha value is -2.10. The summed E-state index contributed by atoms with van der Waals surface area (Å²) in [6, 6.07) is 3.16. The van der Waals surface area contributed by atoms with Crippen LogP contribution in [0.25, 0.3) is 0 Å². The van der Waals surface area contributed by atoms with Crippen molar-refractivity contribution in [3.8, 4) is 11.5 Å². The number of carbonyl (C=O) groups excluding carboxylic acids is 2. The molecule has 2 aromatic rings. The zero-order valence-electron chi connectivity index (χ0n) is 11.8. The summed E-state index contributed by atoms with van der Waals surface area (Å²) in [7, 11) is 1.74. The van der Waals surface area contributed by atoms with Crippen LogP contribution < -0.4 is 14.8 Å². The second-order valence-electron chi connectivity index (χ2n) is 4.76. The second-order valence-corrected chi connectivity index (χ2v) is 5.92. The molecule has 0 atom stereocenters. The first-order valence-corrected chi connectivity index (χ1v) is 7.48. The number of aromatic nitrogens is 2. The van der Waals surface area contributed by atoms with Gasteiger partial charge in [-0.3, -0.25) is 14.3 Å². The molecule has 1 amide bonds. The number of rotatable bonds is 3. The average molecular weight is 413 g/mol. The number of nitrogens with one attached hydrogen (secondary N) is 1. The zero-order chi connectivity index (χ0) is 15.9. The minimum Gasteiger partial charge on any atom is -0.454 e. The maximum Gasteiger partial charge on any atom is 0.277 e. The van der Waals surface area contributed by atoms with Crippen molar-refractivity contribution in [1.82, 2.24) is 9.78 Å². The van der Waals surface area contributed by atoms with E-state index in [1.807, 2.05) is 22.6 Å². The van der Waals surface area contributed by atoms with Gasteiger partial charge < -0.3 is 14.8 Å². The number of benzene rings is 1. The van der Waals surface area contributed by atoms with E-state index in [9.17, 15) is 9.59 Å². The fourth-order valence-corrected chi connectivity index (χ4v) is 2.89. The Kier molecular flexibility index (Phi) is 3.77. The van der Waals surface area contributed by atoms with E-state index in [-0.39, 0.29) is 18.5 Å². The largest absolute Gasteiger partial charge is 0.454 e. The van der Waals surface area contributed by atoms with Gasteiger partial charge in [0.1, 0.15) is 0 Å². The van der Waals surface area contributed by atoms with Crippen molar-refractivity contribution in [1.29, 1.82) is 0 Å². The number of fused-ring (bicyclic) bond motifs is 1. The highest BCUT2D eigenvalue weighted by atomic mass is 127. The minimum atomic E-state index is -0.383. The summed E-state index contributed by atoms with van der Waals surface area (Å²) in [5.41, 5.74) is 1.04. The van der Waals surface area contributed by atoms with Crippen molar-refractivity contribution < 1.29 is 19.1 Å². The van der Waals surface area contributed by atoms with Crippen LogP contribution in [0.3, 0.4) is 0 Å². The molecule has 0 aliphatic carbocycles. The molecule has 8 heteroatoms.